The highest BCUT2D eigenvalue weighted by Gasteiger charge is 2.49. The molecule has 0 bridgehead atoms. The van der Waals surface area contributed by atoms with Crippen molar-refractivity contribution in [2.45, 2.75) is 36.7 Å². The molecule has 4 rings (SSSR count). The Labute approximate surface area is 207 Å². The number of hydrogen-bond donors (Lipinski definition) is 1. The first kappa shape index (κ1) is 24.5. The average molecular weight is 522 g/mol. The molecular formula is C25H22Cl2FNO4S. The number of rotatable bonds is 8. The van der Waals surface area contributed by atoms with Crippen molar-refractivity contribution in [2.24, 2.45) is 0 Å². The van der Waals surface area contributed by atoms with Crippen molar-refractivity contribution in [3.05, 3.63) is 87.7 Å². The molecule has 0 heterocycles. The third-order valence-corrected chi connectivity index (χ3v) is 7.97. The number of amides is 1. The Kier molecular flexibility index (Phi) is 6.90. The first-order valence-corrected chi connectivity index (χ1v) is 13.1. The highest BCUT2D eigenvalue weighted by molar-refractivity contribution is 7.91. The third kappa shape index (κ3) is 5.37. The SMILES string of the molecule is CCS(=O)(=O)c1ccc(CC(=O)Nc2ccc(OC3(c4ccc(Cl)cc4Cl)CC3)c(F)c2)cc1. The number of benzene rings is 3. The zero-order valence-corrected chi connectivity index (χ0v) is 20.6. The van der Waals surface area contributed by atoms with Gasteiger partial charge in [-0.1, -0.05) is 48.3 Å². The molecule has 9 heteroatoms. The minimum atomic E-state index is -3.30. The maximum Gasteiger partial charge on any atom is 0.228 e. The summed E-state index contributed by atoms with van der Waals surface area (Å²) in [5.41, 5.74) is 0.996. The van der Waals surface area contributed by atoms with E-state index in [-0.39, 0.29) is 34.4 Å². The number of sulfone groups is 1. The molecule has 1 saturated carbocycles. The number of nitrogens with one attached hydrogen (secondary N) is 1. The van der Waals surface area contributed by atoms with Gasteiger partial charge in [0.05, 0.1) is 17.1 Å². The Morgan fingerprint density at radius 1 is 1.06 bits per heavy atom. The molecule has 0 radical (unpaired) electrons. The van der Waals surface area contributed by atoms with Gasteiger partial charge in [-0.15, -0.1) is 0 Å². The van der Waals surface area contributed by atoms with Gasteiger partial charge in [0, 0.05) is 27.4 Å². The summed E-state index contributed by atoms with van der Waals surface area (Å²) in [5.74, 6) is -0.894. The maximum atomic E-state index is 14.8. The van der Waals surface area contributed by atoms with Crippen LogP contribution in [0.5, 0.6) is 5.75 Å². The summed E-state index contributed by atoms with van der Waals surface area (Å²) < 4.78 is 44.6. The zero-order valence-electron chi connectivity index (χ0n) is 18.3. The Hall–Kier alpha value is -2.61. The maximum absolute atomic E-state index is 14.8. The Bertz CT molecular complexity index is 1340. The Balaban J connectivity index is 1.41. The van der Waals surface area contributed by atoms with Crippen LogP contribution in [0, 0.1) is 5.82 Å². The molecule has 1 aliphatic rings. The standard InChI is InChI=1S/C25H22Cl2FNO4S/c1-2-34(31,32)19-7-3-16(4-8-19)13-24(30)29-18-6-10-23(22(28)15-18)33-25(11-12-25)20-9-5-17(26)14-21(20)27/h3-10,14-15H,2,11-13H2,1H3,(H,29,30). The van der Waals surface area contributed by atoms with E-state index in [1.165, 1.54) is 24.3 Å². The van der Waals surface area contributed by atoms with Crippen molar-refractivity contribution in [2.75, 3.05) is 11.1 Å². The molecule has 3 aromatic carbocycles. The van der Waals surface area contributed by atoms with Gasteiger partial charge in [-0.25, -0.2) is 12.8 Å². The van der Waals surface area contributed by atoms with Gasteiger partial charge in [0.1, 0.15) is 5.60 Å². The summed E-state index contributed by atoms with van der Waals surface area (Å²) in [4.78, 5) is 12.6. The summed E-state index contributed by atoms with van der Waals surface area (Å²) >= 11 is 12.3. The lowest BCUT2D eigenvalue weighted by Crippen LogP contribution is -2.17. The monoisotopic (exact) mass is 521 g/mol. The van der Waals surface area contributed by atoms with Gasteiger partial charge in [-0.2, -0.15) is 0 Å². The van der Waals surface area contributed by atoms with E-state index in [2.05, 4.69) is 5.32 Å². The fourth-order valence-corrected chi connectivity index (χ4v) is 5.11. The van der Waals surface area contributed by atoms with Crippen LogP contribution in [-0.2, 0) is 26.7 Å². The quantitative estimate of drug-likeness (QED) is 0.384. The van der Waals surface area contributed by atoms with E-state index in [1.807, 2.05) is 0 Å². The second-order valence-corrected chi connectivity index (χ2v) is 11.3. The molecule has 0 unspecified atom stereocenters. The van der Waals surface area contributed by atoms with Crippen LogP contribution in [0.2, 0.25) is 10.0 Å². The molecule has 178 valence electrons. The molecule has 3 aromatic rings. The van der Waals surface area contributed by atoms with Crippen LogP contribution in [0.25, 0.3) is 0 Å². The van der Waals surface area contributed by atoms with Crippen molar-refractivity contribution in [3.8, 4) is 5.75 Å². The Morgan fingerprint density at radius 3 is 2.35 bits per heavy atom. The van der Waals surface area contributed by atoms with E-state index in [0.29, 0.717) is 28.5 Å². The molecule has 0 aliphatic heterocycles. The zero-order chi connectivity index (χ0) is 24.5. The van der Waals surface area contributed by atoms with Crippen LogP contribution in [-0.4, -0.2) is 20.1 Å². The summed E-state index contributed by atoms with van der Waals surface area (Å²) in [7, 11) is -3.30. The number of halogens is 3. The number of anilines is 1. The summed E-state index contributed by atoms with van der Waals surface area (Å²) in [6.07, 6.45) is 1.42. The summed E-state index contributed by atoms with van der Waals surface area (Å²) in [6.45, 7) is 1.57. The highest BCUT2D eigenvalue weighted by Crippen LogP contribution is 2.52. The molecule has 34 heavy (non-hydrogen) atoms. The molecule has 0 aromatic heterocycles. The molecule has 1 N–H and O–H groups in total. The lowest BCUT2D eigenvalue weighted by atomic mass is 10.1. The van der Waals surface area contributed by atoms with Gasteiger partial charge in [0.2, 0.25) is 5.91 Å². The van der Waals surface area contributed by atoms with Crippen LogP contribution >= 0.6 is 23.2 Å². The van der Waals surface area contributed by atoms with Gasteiger partial charge in [-0.3, -0.25) is 4.79 Å². The van der Waals surface area contributed by atoms with Crippen LogP contribution in [0.15, 0.2) is 65.6 Å². The number of carbonyl (C=O) groups excluding carboxylic acids is 1. The largest absolute Gasteiger partial charge is 0.479 e. The normalized spacial score (nSPS) is 14.5. The van der Waals surface area contributed by atoms with E-state index in [0.717, 1.165) is 5.56 Å². The second kappa shape index (κ2) is 9.56. The van der Waals surface area contributed by atoms with Crippen molar-refractivity contribution >= 4 is 44.6 Å². The summed E-state index contributed by atoms with van der Waals surface area (Å²) in [5, 5.41) is 3.63. The van der Waals surface area contributed by atoms with Crippen LogP contribution < -0.4 is 10.1 Å². The van der Waals surface area contributed by atoms with E-state index in [4.69, 9.17) is 27.9 Å². The van der Waals surface area contributed by atoms with Crippen LogP contribution in [0.4, 0.5) is 10.1 Å². The smallest absolute Gasteiger partial charge is 0.228 e. The lowest BCUT2D eigenvalue weighted by Gasteiger charge is -2.20. The molecule has 5 nitrogen and oxygen atoms in total. The van der Waals surface area contributed by atoms with Gasteiger partial charge in [0.15, 0.2) is 21.4 Å². The number of carbonyl (C=O) groups is 1. The van der Waals surface area contributed by atoms with Crippen molar-refractivity contribution in [1.82, 2.24) is 0 Å². The van der Waals surface area contributed by atoms with Gasteiger partial charge < -0.3 is 10.1 Å². The highest BCUT2D eigenvalue weighted by atomic mass is 35.5. The van der Waals surface area contributed by atoms with Gasteiger partial charge in [0.25, 0.3) is 0 Å². The van der Waals surface area contributed by atoms with E-state index in [1.54, 1.807) is 43.3 Å². The Morgan fingerprint density at radius 2 is 1.76 bits per heavy atom. The number of ether oxygens (including phenoxy) is 1. The van der Waals surface area contributed by atoms with E-state index < -0.39 is 21.3 Å². The molecule has 0 saturated heterocycles. The van der Waals surface area contributed by atoms with Crippen LogP contribution in [0.3, 0.4) is 0 Å². The topological polar surface area (TPSA) is 72.5 Å². The van der Waals surface area contributed by atoms with Crippen LogP contribution in [0.1, 0.15) is 30.9 Å². The summed E-state index contributed by atoms with van der Waals surface area (Å²) in [6, 6.07) is 15.5. The van der Waals surface area contributed by atoms with Crippen molar-refractivity contribution in [3.63, 3.8) is 0 Å². The molecule has 0 atom stereocenters. The van der Waals surface area contributed by atoms with Crippen molar-refractivity contribution < 1.29 is 22.3 Å². The predicted octanol–water partition coefficient (Wildman–Crippen LogP) is 6.18. The first-order valence-electron chi connectivity index (χ1n) is 10.7. The molecular weight excluding hydrogens is 500 g/mol. The molecule has 0 spiro atoms. The fourth-order valence-electron chi connectivity index (χ4n) is 3.64. The molecule has 1 amide bonds. The second-order valence-electron chi connectivity index (χ2n) is 8.14. The minimum absolute atomic E-state index is 0.00592. The van der Waals surface area contributed by atoms with Gasteiger partial charge in [-0.05, 0) is 54.8 Å². The van der Waals surface area contributed by atoms with Crippen molar-refractivity contribution in [1.29, 1.82) is 0 Å². The van der Waals surface area contributed by atoms with E-state index in [9.17, 15) is 17.6 Å². The number of hydrogen-bond acceptors (Lipinski definition) is 4. The minimum Gasteiger partial charge on any atom is -0.479 e. The fraction of sp³-hybridized carbons (Fsp3) is 0.240. The first-order chi connectivity index (χ1) is 16.1. The van der Waals surface area contributed by atoms with Gasteiger partial charge >= 0.3 is 0 Å². The molecule has 1 fully saturated rings. The lowest BCUT2D eigenvalue weighted by molar-refractivity contribution is -0.115. The predicted molar refractivity (Wildman–Crippen MR) is 131 cm³/mol. The third-order valence-electron chi connectivity index (χ3n) is 5.67. The van der Waals surface area contributed by atoms with E-state index >= 15 is 0 Å². The molecule has 1 aliphatic carbocycles. The average Bonchev–Trinajstić information content (AvgIpc) is 3.56.